The third-order valence-electron chi connectivity index (χ3n) is 3.36. The topological polar surface area (TPSA) is 73.3 Å². The molecule has 1 aromatic carbocycles. The highest BCUT2D eigenvalue weighted by Crippen LogP contribution is 2.22. The van der Waals surface area contributed by atoms with Crippen molar-refractivity contribution in [3.05, 3.63) is 76.3 Å². The fourth-order valence-corrected chi connectivity index (χ4v) is 2.45. The highest BCUT2D eigenvalue weighted by Gasteiger charge is 2.10. The van der Waals surface area contributed by atoms with E-state index < -0.39 is 0 Å². The van der Waals surface area contributed by atoms with Crippen LogP contribution in [0.2, 0.25) is 0 Å². The Kier molecular flexibility index (Phi) is 6.37. The van der Waals surface area contributed by atoms with Crippen LogP contribution in [0.5, 0.6) is 11.5 Å². The van der Waals surface area contributed by atoms with Crippen LogP contribution in [0.4, 0.5) is 5.82 Å². The Balaban J connectivity index is 1.56. The monoisotopic (exact) mass is 461 g/mol. The molecule has 1 amide bonds. The van der Waals surface area contributed by atoms with E-state index in [0.717, 1.165) is 9.13 Å². The molecule has 0 bridgehead atoms. The van der Waals surface area contributed by atoms with E-state index in [2.05, 4.69) is 37.9 Å². The number of ether oxygens (including phenoxy) is 2. The summed E-state index contributed by atoms with van der Waals surface area (Å²) in [6.07, 6.45) is 4.99. The number of anilines is 1. The SMILES string of the molecule is O=C(COc1ccc(I)cc1)Nc1ncccc1OCc1ccncc1. The second-order valence-electron chi connectivity index (χ2n) is 5.29. The van der Waals surface area contributed by atoms with Gasteiger partial charge in [-0.1, -0.05) is 0 Å². The van der Waals surface area contributed by atoms with Gasteiger partial charge in [0, 0.05) is 22.2 Å². The van der Waals surface area contributed by atoms with Gasteiger partial charge in [0.2, 0.25) is 0 Å². The minimum Gasteiger partial charge on any atom is -0.485 e. The van der Waals surface area contributed by atoms with Gasteiger partial charge in [0.1, 0.15) is 12.4 Å². The van der Waals surface area contributed by atoms with E-state index in [1.165, 1.54) is 0 Å². The molecular formula is C19H16IN3O3. The van der Waals surface area contributed by atoms with Gasteiger partial charge in [-0.3, -0.25) is 9.78 Å². The van der Waals surface area contributed by atoms with Crippen LogP contribution < -0.4 is 14.8 Å². The predicted octanol–water partition coefficient (Wildman–Crippen LogP) is 3.68. The minimum absolute atomic E-state index is 0.110. The predicted molar refractivity (Wildman–Crippen MR) is 106 cm³/mol. The summed E-state index contributed by atoms with van der Waals surface area (Å²) < 4.78 is 12.3. The standard InChI is InChI=1S/C19H16IN3O3/c20-15-3-5-16(6-4-15)25-13-18(24)23-19-17(2-1-9-22-19)26-12-14-7-10-21-11-8-14/h1-11H,12-13H2,(H,22,23,24). The first-order valence-corrected chi connectivity index (χ1v) is 8.93. The summed E-state index contributed by atoms with van der Waals surface area (Å²) in [6, 6.07) is 14.7. The number of hydrogen-bond acceptors (Lipinski definition) is 5. The smallest absolute Gasteiger partial charge is 0.263 e. The first kappa shape index (κ1) is 18.1. The van der Waals surface area contributed by atoms with Crippen LogP contribution in [0.15, 0.2) is 67.1 Å². The zero-order valence-corrected chi connectivity index (χ0v) is 15.9. The highest BCUT2D eigenvalue weighted by molar-refractivity contribution is 14.1. The number of halogens is 1. The van der Waals surface area contributed by atoms with E-state index in [-0.39, 0.29) is 12.5 Å². The van der Waals surface area contributed by atoms with Crippen molar-refractivity contribution >= 4 is 34.3 Å². The molecule has 1 N–H and O–H groups in total. The van der Waals surface area contributed by atoms with Crippen molar-refractivity contribution in [3.8, 4) is 11.5 Å². The van der Waals surface area contributed by atoms with Gasteiger partial charge in [-0.15, -0.1) is 0 Å². The Bertz CT molecular complexity index is 857. The zero-order chi connectivity index (χ0) is 18.2. The Labute approximate surface area is 164 Å². The molecule has 132 valence electrons. The molecule has 3 rings (SSSR count). The first-order chi connectivity index (χ1) is 12.7. The summed E-state index contributed by atoms with van der Waals surface area (Å²) in [5.41, 5.74) is 0.975. The number of pyridine rings is 2. The summed E-state index contributed by atoms with van der Waals surface area (Å²) in [5.74, 6) is 1.18. The van der Waals surface area contributed by atoms with Crippen molar-refractivity contribution in [2.45, 2.75) is 6.61 Å². The van der Waals surface area contributed by atoms with Gasteiger partial charge in [0.25, 0.3) is 5.91 Å². The molecule has 2 heterocycles. The number of benzene rings is 1. The molecule has 26 heavy (non-hydrogen) atoms. The molecular weight excluding hydrogens is 445 g/mol. The molecule has 0 saturated carbocycles. The van der Waals surface area contributed by atoms with Crippen LogP contribution in [-0.2, 0) is 11.4 Å². The average Bonchev–Trinajstić information content (AvgIpc) is 2.68. The highest BCUT2D eigenvalue weighted by atomic mass is 127. The molecule has 0 spiro atoms. The van der Waals surface area contributed by atoms with Gasteiger partial charge in [-0.2, -0.15) is 0 Å². The molecule has 0 atom stereocenters. The Hall–Kier alpha value is -2.68. The van der Waals surface area contributed by atoms with Crippen LogP contribution in [0.25, 0.3) is 0 Å². The van der Waals surface area contributed by atoms with Gasteiger partial charge >= 0.3 is 0 Å². The lowest BCUT2D eigenvalue weighted by atomic mass is 10.3. The molecule has 3 aromatic rings. The Morgan fingerprint density at radius 1 is 1.00 bits per heavy atom. The van der Waals surface area contributed by atoms with E-state index in [9.17, 15) is 4.79 Å². The summed E-state index contributed by atoms with van der Waals surface area (Å²) >= 11 is 2.21. The van der Waals surface area contributed by atoms with E-state index in [1.54, 1.807) is 30.7 Å². The molecule has 0 fully saturated rings. The minimum atomic E-state index is -0.309. The van der Waals surface area contributed by atoms with Gasteiger partial charge in [-0.25, -0.2) is 4.98 Å². The van der Waals surface area contributed by atoms with Crippen molar-refractivity contribution in [2.24, 2.45) is 0 Å². The van der Waals surface area contributed by atoms with Crippen LogP contribution in [0.3, 0.4) is 0 Å². The van der Waals surface area contributed by atoms with Crippen molar-refractivity contribution in [1.82, 2.24) is 9.97 Å². The molecule has 0 unspecified atom stereocenters. The number of carbonyl (C=O) groups excluding carboxylic acids is 1. The summed E-state index contributed by atoms with van der Waals surface area (Å²) in [6.45, 7) is 0.247. The van der Waals surface area contributed by atoms with Crippen LogP contribution in [0.1, 0.15) is 5.56 Å². The third-order valence-corrected chi connectivity index (χ3v) is 4.07. The average molecular weight is 461 g/mol. The van der Waals surface area contributed by atoms with E-state index >= 15 is 0 Å². The number of carbonyl (C=O) groups is 1. The molecule has 7 heteroatoms. The fraction of sp³-hybridized carbons (Fsp3) is 0.105. The van der Waals surface area contributed by atoms with E-state index in [0.29, 0.717) is 23.9 Å². The zero-order valence-electron chi connectivity index (χ0n) is 13.8. The second kappa shape index (κ2) is 9.14. The number of hydrogen-bond donors (Lipinski definition) is 1. The number of rotatable bonds is 7. The molecule has 0 aliphatic carbocycles. The van der Waals surface area contributed by atoms with Crippen molar-refractivity contribution in [3.63, 3.8) is 0 Å². The van der Waals surface area contributed by atoms with Gasteiger partial charge in [0.05, 0.1) is 0 Å². The van der Waals surface area contributed by atoms with E-state index in [4.69, 9.17) is 9.47 Å². The molecule has 6 nitrogen and oxygen atoms in total. The normalized spacial score (nSPS) is 10.2. The molecule has 0 aliphatic rings. The fourth-order valence-electron chi connectivity index (χ4n) is 2.09. The second-order valence-corrected chi connectivity index (χ2v) is 6.53. The first-order valence-electron chi connectivity index (χ1n) is 7.85. The van der Waals surface area contributed by atoms with Crippen LogP contribution in [0, 0.1) is 3.57 Å². The summed E-state index contributed by atoms with van der Waals surface area (Å²) in [4.78, 5) is 20.3. The van der Waals surface area contributed by atoms with Crippen molar-refractivity contribution < 1.29 is 14.3 Å². The Morgan fingerprint density at radius 3 is 2.54 bits per heavy atom. The molecule has 0 saturated heterocycles. The number of nitrogens with one attached hydrogen (secondary N) is 1. The number of nitrogens with zero attached hydrogens (tertiary/aromatic N) is 2. The number of aromatic nitrogens is 2. The van der Waals surface area contributed by atoms with Gasteiger partial charge in [-0.05, 0) is 76.7 Å². The van der Waals surface area contributed by atoms with Gasteiger partial charge < -0.3 is 14.8 Å². The maximum absolute atomic E-state index is 12.1. The third kappa shape index (κ3) is 5.41. The quantitative estimate of drug-likeness (QED) is 0.544. The van der Waals surface area contributed by atoms with Crippen molar-refractivity contribution in [1.29, 1.82) is 0 Å². The maximum Gasteiger partial charge on any atom is 0.263 e. The van der Waals surface area contributed by atoms with E-state index in [1.807, 2.05) is 36.4 Å². The Morgan fingerprint density at radius 2 is 1.77 bits per heavy atom. The van der Waals surface area contributed by atoms with Crippen LogP contribution >= 0.6 is 22.6 Å². The lowest BCUT2D eigenvalue weighted by molar-refractivity contribution is -0.118. The summed E-state index contributed by atoms with van der Waals surface area (Å²) in [5, 5.41) is 2.71. The molecule has 0 radical (unpaired) electrons. The maximum atomic E-state index is 12.1. The number of amides is 1. The van der Waals surface area contributed by atoms with Crippen LogP contribution in [-0.4, -0.2) is 22.5 Å². The largest absolute Gasteiger partial charge is 0.485 e. The summed E-state index contributed by atoms with van der Waals surface area (Å²) in [7, 11) is 0. The molecule has 2 aromatic heterocycles. The van der Waals surface area contributed by atoms with Crippen molar-refractivity contribution in [2.75, 3.05) is 11.9 Å². The lowest BCUT2D eigenvalue weighted by Gasteiger charge is -2.12. The van der Waals surface area contributed by atoms with Gasteiger partial charge in [0.15, 0.2) is 18.2 Å². The molecule has 0 aliphatic heterocycles. The lowest BCUT2D eigenvalue weighted by Crippen LogP contribution is -2.21.